The molecule has 8 fully saturated rings. The second-order valence-electron chi connectivity index (χ2n) is 26.8. The molecule has 0 spiro atoms. The minimum atomic E-state index is -2.16. The molecule has 30 atom stereocenters. The summed E-state index contributed by atoms with van der Waals surface area (Å²) in [5, 5.41) is 142. The largest absolute Gasteiger partial charge is 0.479 e. The Bertz CT molecular complexity index is 2130. The van der Waals surface area contributed by atoms with Crippen LogP contribution in [0.5, 0.6) is 0 Å². The van der Waals surface area contributed by atoms with E-state index >= 15 is 0 Å². The summed E-state index contributed by atoms with van der Waals surface area (Å²) < 4.78 is 49.0. The lowest BCUT2D eigenvalue weighted by atomic mass is 9.33. The number of aliphatic hydroxyl groups excluding tert-OH is 12. The van der Waals surface area contributed by atoms with E-state index in [-0.39, 0.29) is 45.5 Å². The SMILES string of the molecule is CC1CC(C)(C)CC2C3=CCC4[C@@]5(C)CC[C@H](OC6O[C@H](C(=O)O)[C@@H](O)[C@H](O)[C@H]6OC6O[C@H](CO)[C@H](O)[C@H](OC7O[C@H](CO)[C@@H](O)[C@H](O)[C@H]7O)[C@H]6OC6O[C@@H](C)[C@H](O)[C@@H](O)[C@H]6O)[C@](C)(CO)C5CC[C@@]4(C)[C@]3(C)CC[C@@]12C. The first-order valence-electron chi connectivity index (χ1n) is 28.1. The zero-order valence-electron chi connectivity index (χ0n) is 46.0. The Morgan fingerprint density at radius 2 is 1.16 bits per heavy atom. The quantitative estimate of drug-likeness (QED) is 0.0889. The van der Waals surface area contributed by atoms with E-state index in [2.05, 4.69) is 54.5 Å². The third-order valence-electron chi connectivity index (χ3n) is 22.1. The van der Waals surface area contributed by atoms with Crippen molar-refractivity contribution in [3.8, 4) is 0 Å². The number of ether oxygens (including phenoxy) is 8. The smallest absolute Gasteiger partial charge is 0.335 e. The molecule has 77 heavy (non-hydrogen) atoms. The van der Waals surface area contributed by atoms with Gasteiger partial charge in [-0.3, -0.25) is 0 Å². The van der Waals surface area contributed by atoms with Gasteiger partial charge in [0.25, 0.3) is 0 Å². The first-order chi connectivity index (χ1) is 36.0. The Morgan fingerprint density at radius 3 is 1.79 bits per heavy atom. The molecule has 4 saturated carbocycles. The topological polar surface area (TPSA) is 354 Å². The molecule has 5 aliphatic carbocycles. The molecular formula is C55H90O22. The first-order valence-corrected chi connectivity index (χ1v) is 28.1. The van der Waals surface area contributed by atoms with Crippen LogP contribution in [0.4, 0.5) is 0 Å². The van der Waals surface area contributed by atoms with Gasteiger partial charge < -0.3 is 104 Å². The van der Waals surface area contributed by atoms with Crippen LogP contribution in [0.3, 0.4) is 0 Å². The molecular weight excluding hydrogens is 1010 g/mol. The third kappa shape index (κ3) is 9.71. The van der Waals surface area contributed by atoms with Crippen molar-refractivity contribution in [2.45, 2.75) is 249 Å². The molecule has 0 bridgehead atoms. The van der Waals surface area contributed by atoms with Crippen LogP contribution in [0.25, 0.3) is 0 Å². The summed E-state index contributed by atoms with van der Waals surface area (Å²) in [7, 11) is 0. The van der Waals surface area contributed by atoms with Crippen molar-refractivity contribution in [2.75, 3.05) is 19.8 Å². The Kier molecular flexibility index (Phi) is 16.8. The fourth-order valence-corrected chi connectivity index (χ4v) is 17.1. The summed E-state index contributed by atoms with van der Waals surface area (Å²) in [6, 6.07) is 0. The van der Waals surface area contributed by atoms with E-state index in [0.29, 0.717) is 24.7 Å². The van der Waals surface area contributed by atoms with E-state index in [1.807, 2.05) is 6.92 Å². The third-order valence-corrected chi connectivity index (χ3v) is 22.1. The van der Waals surface area contributed by atoms with E-state index in [1.165, 1.54) is 13.3 Å². The van der Waals surface area contributed by atoms with Crippen LogP contribution in [0.15, 0.2) is 11.6 Å². The fraction of sp³-hybridized carbons (Fsp3) is 0.945. The first kappa shape index (κ1) is 60.0. The number of aliphatic carboxylic acids is 1. The average Bonchev–Trinajstić information content (AvgIpc) is 3.58. The van der Waals surface area contributed by atoms with Crippen LogP contribution in [0.2, 0.25) is 0 Å². The van der Waals surface area contributed by atoms with Crippen molar-refractivity contribution in [3.63, 3.8) is 0 Å². The van der Waals surface area contributed by atoms with E-state index in [9.17, 15) is 71.2 Å². The van der Waals surface area contributed by atoms with Crippen molar-refractivity contribution in [3.05, 3.63) is 11.6 Å². The lowest BCUT2D eigenvalue weighted by Crippen LogP contribution is -2.69. The van der Waals surface area contributed by atoms with Crippen LogP contribution >= 0.6 is 0 Å². The standard InChI is InChI=1S/C55H90O22/c1-23-18-50(3,4)19-26-25-10-11-30-52(6)14-13-31(53(7,22-58)29(52)12-15-55(30,9)54(25,8)17-16-51(23,26)5)73-48-43(38(65)37(64)42(75-48)45(68)69)76-49-44(77-46-39(66)35(62)32(59)24(2)70-46)41(34(61)28(21-57)72-49)74-47-40(67)36(63)33(60)27(20-56)71-47/h10,23-24,26-44,46-49,56-67H,11-22H2,1-9H3,(H,68,69)/t23?,24-,26?,27+,28+,29?,30?,31-,32-,33+,34-,35+,36-,37-,38-,39+,40+,41-,42-,43+,44+,46?,47?,48?,49?,51-,52-,53+,54+,55+/m0/s1. The van der Waals surface area contributed by atoms with Gasteiger partial charge in [0.1, 0.15) is 85.5 Å². The minimum Gasteiger partial charge on any atom is -0.479 e. The van der Waals surface area contributed by atoms with Crippen LogP contribution in [0.1, 0.15) is 120 Å². The van der Waals surface area contributed by atoms with Gasteiger partial charge >= 0.3 is 5.97 Å². The second-order valence-corrected chi connectivity index (χ2v) is 26.8. The molecule has 442 valence electrons. The molecule has 4 aliphatic heterocycles. The summed E-state index contributed by atoms with van der Waals surface area (Å²) in [5.41, 5.74) is 0.704. The normalized spacial score (nSPS) is 55.7. The average molecular weight is 1100 g/mol. The molecule has 4 heterocycles. The van der Waals surface area contributed by atoms with Gasteiger partial charge in [0.2, 0.25) is 0 Å². The van der Waals surface area contributed by atoms with Crippen LogP contribution < -0.4 is 0 Å². The van der Waals surface area contributed by atoms with Crippen molar-refractivity contribution in [1.29, 1.82) is 0 Å². The molecule has 0 aromatic heterocycles. The molecule has 9 rings (SSSR count). The molecule has 0 radical (unpaired) electrons. The van der Waals surface area contributed by atoms with Gasteiger partial charge in [-0.05, 0) is 115 Å². The highest BCUT2D eigenvalue weighted by Crippen LogP contribution is 2.76. The van der Waals surface area contributed by atoms with Crippen molar-refractivity contribution in [1.82, 2.24) is 0 Å². The van der Waals surface area contributed by atoms with Crippen LogP contribution in [-0.2, 0) is 42.7 Å². The zero-order valence-corrected chi connectivity index (χ0v) is 46.0. The fourth-order valence-electron chi connectivity index (χ4n) is 17.1. The second kappa shape index (κ2) is 21.6. The number of carboxylic acid groups (broad SMARTS) is 1. The summed E-state index contributed by atoms with van der Waals surface area (Å²) in [4.78, 5) is 12.7. The molecule has 0 aromatic carbocycles. The maximum atomic E-state index is 12.7. The lowest BCUT2D eigenvalue weighted by Gasteiger charge is -2.72. The molecule has 0 amide bonds. The van der Waals surface area contributed by atoms with Gasteiger partial charge in [0.05, 0.1) is 32.0 Å². The zero-order chi connectivity index (χ0) is 56.4. The number of carbonyl (C=O) groups is 1. The maximum absolute atomic E-state index is 12.7. The van der Waals surface area contributed by atoms with Crippen molar-refractivity contribution < 1.29 is 109 Å². The summed E-state index contributed by atoms with van der Waals surface area (Å²) in [6.07, 6.45) is -27.5. The Labute approximate surface area is 450 Å². The highest BCUT2D eigenvalue weighted by atomic mass is 16.8. The van der Waals surface area contributed by atoms with Gasteiger partial charge in [-0.2, -0.15) is 0 Å². The molecule has 0 aromatic rings. The summed E-state index contributed by atoms with van der Waals surface area (Å²) in [5.74, 6) is -0.426. The number of rotatable bonds is 12. The minimum absolute atomic E-state index is 0.0410. The number of hydrogen-bond donors (Lipinski definition) is 13. The van der Waals surface area contributed by atoms with E-state index in [1.54, 1.807) is 5.57 Å². The highest BCUT2D eigenvalue weighted by Gasteiger charge is 2.70. The van der Waals surface area contributed by atoms with E-state index < -0.39 is 154 Å². The monoisotopic (exact) mass is 1100 g/mol. The maximum Gasteiger partial charge on any atom is 0.335 e. The number of aliphatic hydroxyl groups is 12. The number of carboxylic acids is 1. The summed E-state index contributed by atoms with van der Waals surface area (Å²) >= 11 is 0. The van der Waals surface area contributed by atoms with Crippen molar-refractivity contribution in [2.24, 2.45) is 56.2 Å². The molecule has 9 aliphatic rings. The van der Waals surface area contributed by atoms with Gasteiger partial charge in [-0.15, -0.1) is 0 Å². The van der Waals surface area contributed by atoms with Crippen LogP contribution in [0, 0.1) is 56.2 Å². The Hall–Kier alpha value is -1.59. The lowest BCUT2D eigenvalue weighted by molar-refractivity contribution is -0.410. The molecule has 22 heteroatoms. The summed E-state index contributed by atoms with van der Waals surface area (Å²) in [6.45, 7) is 18.3. The van der Waals surface area contributed by atoms with Crippen molar-refractivity contribution >= 4 is 5.97 Å². The Morgan fingerprint density at radius 1 is 0.571 bits per heavy atom. The molecule has 13 N–H and O–H groups in total. The molecule has 4 saturated heterocycles. The van der Waals surface area contributed by atoms with Gasteiger partial charge in [-0.1, -0.05) is 67.0 Å². The highest BCUT2D eigenvalue weighted by molar-refractivity contribution is 5.73. The van der Waals surface area contributed by atoms with Gasteiger partial charge in [-0.25, -0.2) is 4.79 Å². The Balaban J connectivity index is 1.03. The van der Waals surface area contributed by atoms with E-state index in [0.717, 1.165) is 38.5 Å². The number of allylic oxidation sites excluding steroid dienone is 2. The predicted octanol–water partition coefficient (Wildman–Crippen LogP) is -0.196. The van der Waals surface area contributed by atoms with Gasteiger partial charge in [0, 0.05) is 5.41 Å². The number of hydrogen-bond acceptors (Lipinski definition) is 21. The molecule has 8 unspecified atom stereocenters. The van der Waals surface area contributed by atoms with Gasteiger partial charge in [0.15, 0.2) is 31.3 Å². The van der Waals surface area contributed by atoms with E-state index in [4.69, 9.17) is 37.9 Å². The number of fused-ring (bicyclic) bond motifs is 7. The predicted molar refractivity (Wildman–Crippen MR) is 266 cm³/mol. The van der Waals surface area contributed by atoms with Crippen LogP contribution in [-0.4, -0.2) is 221 Å². The molecule has 22 nitrogen and oxygen atoms in total.